The van der Waals surface area contributed by atoms with E-state index in [2.05, 4.69) is 82.8 Å². The molecule has 18 amide bonds. The third kappa shape index (κ3) is 16.4. The van der Waals surface area contributed by atoms with Crippen LogP contribution in [-0.4, -0.2) is 175 Å². The van der Waals surface area contributed by atoms with Crippen molar-refractivity contribution in [1.82, 2.24) is 92.4 Å². The lowest BCUT2D eigenvalue weighted by atomic mass is 9.95. The van der Waals surface area contributed by atoms with Gasteiger partial charge in [0.1, 0.15) is 62.6 Å². The predicted molar refractivity (Wildman–Crippen MR) is 471 cm³/mol. The average molecular weight is 1820 g/mol. The monoisotopic (exact) mass is 1820 g/mol. The summed E-state index contributed by atoms with van der Waals surface area (Å²) >= 11 is 0. The van der Waals surface area contributed by atoms with Crippen molar-refractivity contribution in [3.63, 3.8) is 0 Å². The maximum Gasteiger partial charge on any atom is 0.322 e. The minimum absolute atomic E-state index is 0.0600. The van der Waals surface area contributed by atoms with Crippen molar-refractivity contribution in [3.8, 4) is 0 Å². The molecule has 4 atom stereocenters. The average Bonchev–Trinajstić information content (AvgIpc) is 1.60. The number of rotatable bonds is 19. The zero-order chi connectivity index (χ0) is 93.6. The summed E-state index contributed by atoms with van der Waals surface area (Å²) in [6.45, 7) is 10.6. The number of hydrogen-bond donors (Lipinski definition) is 12. The number of nitrogens with zero attached hydrogens (tertiary/aromatic N) is 9. The number of pyridine rings is 5. The van der Waals surface area contributed by atoms with Gasteiger partial charge in [-0.2, -0.15) is 0 Å². The highest BCUT2D eigenvalue weighted by Gasteiger charge is 2.58. The summed E-state index contributed by atoms with van der Waals surface area (Å²) in [6, 6.07) is 41.5. The molecule has 8 aliphatic rings. The number of furan rings is 4. The largest absolute Gasteiger partial charge is 0.456 e. The molecule has 4 aromatic carbocycles. The number of nitrogen functional groups attached to an aromatic ring is 1. The number of benzene rings is 4. The second-order valence-electron chi connectivity index (χ2n) is 33.1. The highest BCUT2D eigenvalue weighted by Crippen LogP contribution is 2.41. The van der Waals surface area contributed by atoms with Crippen LogP contribution in [0.3, 0.4) is 0 Å². The SMILES string of the molecule is CCNC(=O)Nc1ccc2oc([C@]3(CN4Cc5ccc(C)cc5C4=O)NC(=O)NC3=O)cc2n1.Cc1ccc2c(c1)C(=O)N(C[C@@]1(c3cc4nc(CC(=O)c5cccnc5)ccc4o3)NC(=O)NC1=O)C2.Cc1ccc2c(c1)C(=O)N(C[C@@]1(c3cc4nc(N)ccc4o3)NC(=O)NC1=O)C2.Cc1ccc2c(c1)C(=O)N(C[C@@]1(c3cc4nc(NS(C)(=O)=O)ccc4o3)NC(=O)NC1=O)C2. The smallest absolute Gasteiger partial charge is 0.322 e. The Hall–Kier alpha value is -17.1. The zero-order valence-corrected chi connectivity index (χ0v) is 72.2. The van der Waals surface area contributed by atoms with Gasteiger partial charge in [-0.05, 0) is 142 Å². The number of imide groups is 4. The number of nitrogens with one attached hydrogen (secondary N) is 11. The van der Waals surface area contributed by atoms with Gasteiger partial charge in [0, 0.05) is 103 Å². The van der Waals surface area contributed by atoms with Gasteiger partial charge in [0.15, 0.2) is 50.3 Å². The second kappa shape index (κ2) is 33.2. The number of hydrogen-bond acceptors (Lipinski definition) is 26. The van der Waals surface area contributed by atoms with Crippen LogP contribution in [0.2, 0.25) is 0 Å². The fourth-order valence-electron chi connectivity index (χ4n) is 17.1. The van der Waals surface area contributed by atoms with Crippen LogP contribution >= 0.6 is 0 Å². The Bertz CT molecular complexity index is 7370. The summed E-state index contributed by atoms with van der Waals surface area (Å²) in [4.78, 5) is 204. The van der Waals surface area contributed by atoms with E-state index in [4.69, 9.17) is 23.4 Å². The predicted octanol–water partition coefficient (Wildman–Crippen LogP) is 7.22. The number of urea groups is 5. The molecule has 13 N–H and O–H groups in total. The Morgan fingerprint density at radius 1 is 0.429 bits per heavy atom. The van der Waals surface area contributed by atoms with Gasteiger partial charge in [0.2, 0.25) is 10.0 Å². The normalized spacial score (nSPS) is 19.7. The van der Waals surface area contributed by atoms with E-state index in [0.717, 1.165) is 50.8 Å². The van der Waals surface area contributed by atoms with E-state index >= 15 is 0 Å². The van der Waals surface area contributed by atoms with Gasteiger partial charge in [-0.15, -0.1) is 0 Å². The van der Waals surface area contributed by atoms with E-state index < -0.39 is 86.0 Å². The first-order chi connectivity index (χ1) is 63.5. The fraction of sp³-hybridized carbons (Fsp3) is 0.220. The molecule has 41 nitrogen and oxygen atoms in total. The number of aryl methyl sites for hydroxylation is 4. The number of amides is 18. The van der Waals surface area contributed by atoms with Crippen molar-refractivity contribution in [1.29, 1.82) is 0 Å². The molecule has 8 aliphatic heterocycles. The fourth-order valence-corrected chi connectivity index (χ4v) is 17.6. The molecule has 4 saturated heterocycles. The molecule has 133 heavy (non-hydrogen) atoms. The van der Waals surface area contributed by atoms with Gasteiger partial charge in [0.25, 0.3) is 47.3 Å². The van der Waals surface area contributed by atoms with Crippen molar-refractivity contribution in [2.45, 2.75) is 89.4 Å². The summed E-state index contributed by atoms with van der Waals surface area (Å²) in [7, 11) is -3.54. The molecule has 674 valence electrons. The first-order valence-corrected chi connectivity index (χ1v) is 43.3. The summed E-state index contributed by atoms with van der Waals surface area (Å²) in [5.41, 5.74) is 12.8. The molecule has 42 heteroatoms. The van der Waals surface area contributed by atoms with Crippen LogP contribution in [0.5, 0.6) is 0 Å². The molecule has 0 unspecified atom stereocenters. The Morgan fingerprint density at radius 2 is 0.767 bits per heavy atom. The second-order valence-corrected chi connectivity index (χ2v) is 34.9. The van der Waals surface area contributed by atoms with E-state index in [0.29, 0.717) is 105 Å². The molecule has 9 aromatic heterocycles. The number of sulfonamides is 1. The summed E-state index contributed by atoms with van der Waals surface area (Å²) < 4.78 is 48.9. The maximum absolute atomic E-state index is 13.1. The number of fused-ring (bicyclic) bond motifs is 8. The third-order valence-corrected chi connectivity index (χ3v) is 24.1. The molecule has 0 bridgehead atoms. The molecule has 0 spiro atoms. The number of ketones is 1. The highest BCUT2D eigenvalue weighted by atomic mass is 32.2. The Balaban J connectivity index is 0.000000119. The van der Waals surface area contributed by atoms with E-state index in [1.54, 1.807) is 79.9 Å². The summed E-state index contributed by atoms with van der Waals surface area (Å²) in [6.07, 6.45) is 4.16. The Morgan fingerprint density at radius 3 is 1.11 bits per heavy atom. The van der Waals surface area contributed by atoms with Crippen LogP contribution in [0, 0.1) is 27.7 Å². The number of Topliss-reactive ketones (excluding diaryl/α,β-unsaturated/α-hetero) is 1. The highest BCUT2D eigenvalue weighted by molar-refractivity contribution is 7.92. The summed E-state index contributed by atoms with van der Waals surface area (Å²) in [5, 5.41) is 24.8. The summed E-state index contributed by atoms with van der Waals surface area (Å²) in [5.74, 6) is -2.33. The first kappa shape index (κ1) is 86.7. The minimum atomic E-state index is -3.54. The lowest BCUT2D eigenvalue weighted by Crippen LogP contribution is -2.52. The molecule has 21 rings (SSSR count). The van der Waals surface area contributed by atoms with Crippen LogP contribution < -0.4 is 63.6 Å². The van der Waals surface area contributed by atoms with Crippen LogP contribution in [0.4, 0.5) is 41.4 Å². The molecular formula is C91H79N21O20S. The van der Waals surface area contributed by atoms with Crippen molar-refractivity contribution < 1.29 is 93.2 Å². The molecule has 13 aromatic rings. The van der Waals surface area contributed by atoms with Gasteiger partial charge in [-0.1, -0.05) is 70.8 Å². The maximum atomic E-state index is 13.1. The zero-order valence-electron chi connectivity index (χ0n) is 71.4. The van der Waals surface area contributed by atoms with Crippen molar-refractivity contribution in [2.24, 2.45) is 0 Å². The van der Waals surface area contributed by atoms with E-state index in [1.807, 2.05) is 94.4 Å². The van der Waals surface area contributed by atoms with Crippen molar-refractivity contribution in [2.75, 3.05) is 54.8 Å². The van der Waals surface area contributed by atoms with Crippen LogP contribution in [0.25, 0.3) is 44.4 Å². The first-order valence-electron chi connectivity index (χ1n) is 41.4. The number of carbonyl (C=O) groups excluding carboxylic acids is 14. The van der Waals surface area contributed by atoms with E-state index in [-0.39, 0.29) is 109 Å². The van der Waals surface area contributed by atoms with Crippen molar-refractivity contribution in [3.05, 3.63) is 271 Å². The Kier molecular flexibility index (Phi) is 21.6. The van der Waals surface area contributed by atoms with Gasteiger partial charge in [-0.25, -0.2) is 52.3 Å². The molecular weight excluding hydrogens is 1740 g/mol. The van der Waals surface area contributed by atoms with Gasteiger partial charge in [-0.3, -0.25) is 79.4 Å². The minimum Gasteiger partial charge on any atom is -0.456 e. The van der Waals surface area contributed by atoms with Gasteiger partial charge < -0.3 is 69.6 Å². The topological polar surface area (TPSA) is 561 Å². The number of nitrogens with two attached hydrogens (primary N) is 1. The van der Waals surface area contributed by atoms with Crippen LogP contribution in [0.1, 0.15) is 132 Å². The molecule has 0 saturated carbocycles. The van der Waals surface area contributed by atoms with Crippen molar-refractivity contribution >= 4 is 155 Å². The third-order valence-electron chi connectivity index (χ3n) is 23.5. The standard InChI is InChI=1S/C27H21N5O5.C23H22N6O5.C21H19N5O6S.C20H17N5O4/c1-15-4-5-17-13-32(24(34)19(17)9-15)14-27(25(35)30-26(36)31-27)23-11-20-22(37-23)7-6-18(29-20)10-21(33)16-3-2-8-28-12-16;1-3-24-21(32)26-18-7-6-16-15(25-18)9-17(34-16)23(20(31)27-22(33)28-23)11-29-10-13-5-4-12(2)8-14(13)19(29)30;1-11-3-4-12-9-26(18(27)13(12)7-11)10-21(19(28)23-20(29)24-21)16-8-14-15(32-16)5-6-17(22-14)25-33(2,30)31;1-10-2-3-11-8-25(17(26)12(11)6-10)9-20(18(27)23-19(28)24-20)15-7-13-14(29-15)4-5-16(21)22-13/h2-9,11-12H,10,13-14H2,1H3,(H2,30,31,35,36);4-9H,3,10-11H2,1-2H3,(H2,24,25,26,32)(H2,27,28,31,33);3-8H,9-10H2,1-2H3,(H,22,25)(H2,23,24,28,29);2-7H,8-9H2,1H3,(H2,21,22)(H2,23,24,27,28)/t27-;23-;21-;20-/m0000/s1. The lowest BCUT2D eigenvalue weighted by molar-refractivity contribution is -0.126. The number of aromatic nitrogens is 5. The van der Waals surface area contributed by atoms with Crippen LogP contribution in [-0.2, 0) is 84.0 Å². The van der Waals surface area contributed by atoms with E-state index in [9.17, 15) is 75.5 Å². The number of anilines is 3. The molecule has 17 heterocycles. The quantitative estimate of drug-likeness (QED) is 0.0280. The van der Waals surface area contributed by atoms with E-state index in [1.165, 1.54) is 50.1 Å². The van der Waals surface area contributed by atoms with Gasteiger partial charge in [0.05, 0.1) is 38.9 Å². The van der Waals surface area contributed by atoms with Crippen LogP contribution in [0.15, 0.2) is 188 Å². The van der Waals surface area contributed by atoms with Gasteiger partial charge >= 0.3 is 30.2 Å². The molecule has 0 radical (unpaired) electrons. The number of carbonyl (C=O) groups is 14. The molecule has 4 fully saturated rings. The molecule has 0 aliphatic carbocycles. The lowest BCUT2D eigenvalue weighted by Gasteiger charge is -2.28. The Labute approximate surface area is 752 Å².